The molecule has 3 heterocycles. The van der Waals surface area contributed by atoms with Gasteiger partial charge < -0.3 is 14.7 Å². The molecule has 1 unspecified atom stereocenters. The molecule has 1 atom stereocenters. The number of aromatic nitrogens is 2. The van der Waals surface area contributed by atoms with Crippen LogP contribution in [0.1, 0.15) is 23.4 Å². The maximum absolute atomic E-state index is 13.2. The van der Waals surface area contributed by atoms with Gasteiger partial charge in [-0.15, -0.1) is 0 Å². The zero-order chi connectivity index (χ0) is 22.1. The van der Waals surface area contributed by atoms with Gasteiger partial charge in [0.15, 0.2) is 0 Å². The minimum absolute atomic E-state index is 0.00752. The first-order valence-corrected chi connectivity index (χ1v) is 10.4. The van der Waals surface area contributed by atoms with E-state index in [9.17, 15) is 18.8 Å². The molecule has 0 bridgehead atoms. The Hall–Kier alpha value is -3.23. The van der Waals surface area contributed by atoms with Gasteiger partial charge in [-0.25, -0.2) is 4.39 Å². The minimum atomic E-state index is -0.700. The molecular weight excluding hydrogens is 401 g/mol. The third-order valence-electron chi connectivity index (χ3n) is 5.87. The van der Waals surface area contributed by atoms with Crippen molar-refractivity contribution in [1.29, 1.82) is 0 Å². The second-order valence-electron chi connectivity index (χ2n) is 8.20. The van der Waals surface area contributed by atoms with E-state index in [0.29, 0.717) is 19.5 Å². The highest BCUT2D eigenvalue weighted by molar-refractivity contribution is 5.95. The molecule has 2 aliphatic rings. The van der Waals surface area contributed by atoms with E-state index in [-0.39, 0.29) is 49.7 Å². The summed E-state index contributed by atoms with van der Waals surface area (Å²) in [5.74, 6) is -0.783. The summed E-state index contributed by atoms with van der Waals surface area (Å²) in [7, 11) is 0. The zero-order valence-electron chi connectivity index (χ0n) is 17.8. The number of piperazine rings is 1. The van der Waals surface area contributed by atoms with Crippen LogP contribution in [0.5, 0.6) is 0 Å². The van der Waals surface area contributed by atoms with Gasteiger partial charge in [0.05, 0.1) is 12.2 Å². The van der Waals surface area contributed by atoms with Gasteiger partial charge in [-0.2, -0.15) is 5.10 Å². The maximum Gasteiger partial charge on any atom is 0.247 e. The molecule has 2 aromatic rings. The average Bonchev–Trinajstić information content (AvgIpc) is 2.92. The van der Waals surface area contributed by atoms with Crippen molar-refractivity contribution in [2.75, 3.05) is 26.2 Å². The molecule has 0 spiro atoms. The number of carbonyl (C=O) groups excluding carboxylic acids is 3. The fourth-order valence-corrected chi connectivity index (χ4v) is 4.27. The summed E-state index contributed by atoms with van der Waals surface area (Å²) < 4.78 is 14.8. The Kier molecular flexibility index (Phi) is 5.75. The first-order valence-electron chi connectivity index (χ1n) is 10.4. The smallest absolute Gasteiger partial charge is 0.247 e. The van der Waals surface area contributed by atoms with Crippen molar-refractivity contribution < 1.29 is 18.8 Å². The van der Waals surface area contributed by atoms with Gasteiger partial charge in [0, 0.05) is 25.3 Å². The van der Waals surface area contributed by atoms with Gasteiger partial charge in [-0.1, -0.05) is 12.1 Å². The molecule has 2 aliphatic heterocycles. The predicted octanol–water partition coefficient (Wildman–Crippen LogP) is 1.11. The van der Waals surface area contributed by atoms with E-state index < -0.39 is 6.04 Å². The number of rotatable bonds is 4. The Morgan fingerprint density at radius 1 is 1.16 bits per heavy atom. The summed E-state index contributed by atoms with van der Waals surface area (Å²) in [4.78, 5) is 43.7. The van der Waals surface area contributed by atoms with E-state index in [0.717, 1.165) is 17.0 Å². The molecular formula is C22H26FN5O3. The Labute approximate surface area is 180 Å². The molecule has 3 amide bonds. The lowest BCUT2D eigenvalue weighted by molar-refractivity contribution is -0.157. The van der Waals surface area contributed by atoms with Gasteiger partial charge >= 0.3 is 0 Å². The molecule has 2 fully saturated rings. The summed E-state index contributed by atoms with van der Waals surface area (Å²) in [5, 5.41) is 4.34. The van der Waals surface area contributed by atoms with Crippen LogP contribution in [0.2, 0.25) is 0 Å². The summed E-state index contributed by atoms with van der Waals surface area (Å²) in [6.45, 7) is 5.21. The fourth-order valence-electron chi connectivity index (χ4n) is 4.27. The molecule has 9 heteroatoms. The lowest BCUT2D eigenvalue weighted by atomic mass is 10.1. The Bertz CT molecular complexity index is 1000. The SMILES string of the molecule is Cc1cc(C)n(CC(=O)N2CCCN3C(=O)CN(Cc4ccc(F)cc4)C(=O)C3C2)n1. The Balaban J connectivity index is 1.49. The van der Waals surface area contributed by atoms with Gasteiger partial charge in [0.2, 0.25) is 17.7 Å². The van der Waals surface area contributed by atoms with Crippen LogP contribution in [0.25, 0.3) is 0 Å². The molecule has 0 saturated carbocycles. The zero-order valence-corrected chi connectivity index (χ0v) is 17.8. The third kappa shape index (κ3) is 4.45. The van der Waals surface area contributed by atoms with E-state index in [4.69, 9.17) is 0 Å². The van der Waals surface area contributed by atoms with E-state index in [1.54, 1.807) is 26.6 Å². The van der Waals surface area contributed by atoms with Crippen LogP contribution in [0.4, 0.5) is 4.39 Å². The number of fused-ring (bicyclic) bond motifs is 1. The average molecular weight is 427 g/mol. The lowest BCUT2D eigenvalue weighted by Crippen LogP contribution is -2.61. The van der Waals surface area contributed by atoms with Crippen molar-refractivity contribution in [2.45, 2.75) is 39.4 Å². The van der Waals surface area contributed by atoms with Gasteiger partial charge in [0.1, 0.15) is 24.9 Å². The van der Waals surface area contributed by atoms with Crippen LogP contribution in [0.15, 0.2) is 30.3 Å². The molecule has 164 valence electrons. The molecule has 1 aromatic heterocycles. The maximum atomic E-state index is 13.2. The number of carbonyl (C=O) groups is 3. The van der Waals surface area contributed by atoms with Crippen molar-refractivity contribution in [3.63, 3.8) is 0 Å². The molecule has 1 aromatic carbocycles. The lowest BCUT2D eigenvalue weighted by Gasteiger charge is -2.40. The van der Waals surface area contributed by atoms with Crippen LogP contribution in [0.3, 0.4) is 0 Å². The fraction of sp³-hybridized carbons (Fsp3) is 0.455. The normalized spacial score (nSPS) is 19.5. The third-order valence-corrected chi connectivity index (χ3v) is 5.87. The summed E-state index contributed by atoms with van der Waals surface area (Å²) >= 11 is 0. The van der Waals surface area contributed by atoms with Crippen LogP contribution in [0, 0.1) is 19.7 Å². The minimum Gasteiger partial charge on any atom is -0.338 e. The van der Waals surface area contributed by atoms with Crippen molar-refractivity contribution in [1.82, 2.24) is 24.5 Å². The van der Waals surface area contributed by atoms with Crippen molar-refractivity contribution in [3.05, 3.63) is 53.1 Å². The highest BCUT2D eigenvalue weighted by atomic mass is 19.1. The molecule has 31 heavy (non-hydrogen) atoms. The first-order chi connectivity index (χ1) is 14.8. The number of hydrogen-bond acceptors (Lipinski definition) is 4. The van der Waals surface area contributed by atoms with Crippen molar-refractivity contribution in [2.24, 2.45) is 0 Å². The van der Waals surface area contributed by atoms with E-state index in [1.807, 2.05) is 19.9 Å². The van der Waals surface area contributed by atoms with Crippen LogP contribution >= 0.6 is 0 Å². The number of benzene rings is 1. The van der Waals surface area contributed by atoms with Crippen molar-refractivity contribution >= 4 is 17.7 Å². The highest BCUT2D eigenvalue weighted by Crippen LogP contribution is 2.20. The molecule has 0 aliphatic carbocycles. The first kappa shape index (κ1) is 21.0. The largest absolute Gasteiger partial charge is 0.338 e. The van der Waals surface area contributed by atoms with Crippen LogP contribution < -0.4 is 0 Å². The van der Waals surface area contributed by atoms with Crippen LogP contribution in [-0.2, 0) is 27.5 Å². The quantitative estimate of drug-likeness (QED) is 0.732. The molecule has 8 nitrogen and oxygen atoms in total. The van der Waals surface area contributed by atoms with E-state index >= 15 is 0 Å². The molecule has 0 radical (unpaired) electrons. The predicted molar refractivity (Wildman–Crippen MR) is 110 cm³/mol. The number of amides is 3. The second-order valence-corrected chi connectivity index (χ2v) is 8.20. The molecule has 4 rings (SSSR count). The standard InChI is InChI=1S/C22H26FN5O3/c1-15-10-16(2)28(24-15)14-20(29)25-8-3-9-27-19(12-25)22(31)26(13-21(27)30)11-17-4-6-18(23)7-5-17/h4-7,10,19H,3,8-9,11-14H2,1-2H3. The van der Waals surface area contributed by atoms with Crippen LogP contribution in [-0.4, -0.2) is 74.4 Å². The molecule has 0 N–H and O–H groups in total. The monoisotopic (exact) mass is 427 g/mol. The molecule has 2 saturated heterocycles. The Morgan fingerprint density at radius 3 is 2.58 bits per heavy atom. The summed E-state index contributed by atoms with van der Waals surface area (Å²) in [5.41, 5.74) is 2.50. The topological polar surface area (TPSA) is 78.8 Å². The Morgan fingerprint density at radius 2 is 1.90 bits per heavy atom. The van der Waals surface area contributed by atoms with E-state index in [1.165, 1.54) is 17.0 Å². The van der Waals surface area contributed by atoms with E-state index in [2.05, 4.69) is 5.10 Å². The van der Waals surface area contributed by atoms with Gasteiger partial charge in [0.25, 0.3) is 0 Å². The summed E-state index contributed by atoms with van der Waals surface area (Å²) in [6.07, 6.45) is 0.621. The summed E-state index contributed by atoms with van der Waals surface area (Å²) in [6, 6.07) is 7.10. The number of nitrogens with zero attached hydrogens (tertiary/aromatic N) is 5. The number of hydrogen-bond donors (Lipinski definition) is 0. The number of aryl methyl sites for hydroxylation is 2. The highest BCUT2D eigenvalue weighted by Gasteiger charge is 2.42. The second kappa shape index (κ2) is 8.49. The number of halogens is 1. The van der Waals surface area contributed by atoms with Crippen molar-refractivity contribution in [3.8, 4) is 0 Å². The van der Waals surface area contributed by atoms with Gasteiger partial charge in [-0.3, -0.25) is 19.1 Å². The van der Waals surface area contributed by atoms with Gasteiger partial charge in [-0.05, 0) is 44.0 Å².